The average molecular weight is 348 g/mol. The van der Waals surface area contributed by atoms with Crippen LogP contribution < -0.4 is 0 Å². The number of amides is 1. The minimum Gasteiger partial charge on any atom is -0.505 e. The summed E-state index contributed by atoms with van der Waals surface area (Å²) in [4.78, 5) is 19.1. The highest BCUT2D eigenvalue weighted by atomic mass is 32.2. The lowest BCUT2D eigenvalue weighted by molar-refractivity contribution is 0.0319. The second-order valence-corrected chi connectivity index (χ2v) is 7.37. The number of benzene rings is 1. The molecule has 1 aromatic carbocycles. The van der Waals surface area contributed by atoms with Gasteiger partial charge in [-0.1, -0.05) is 0 Å². The molecule has 7 heteroatoms. The summed E-state index contributed by atoms with van der Waals surface area (Å²) in [5, 5.41) is 10.8. The number of carbonyl (C=O) groups excluding carboxylic acids is 1. The summed E-state index contributed by atoms with van der Waals surface area (Å²) in [6.07, 6.45) is 2.04. The fourth-order valence-electron chi connectivity index (χ4n) is 3.46. The molecule has 5 nitrogen and oxygen atoms in total. The first kappa shape index (κ1) is 15.7. The van der Waals surface area contributed by atoms with Gasteiger partial charge in [0.2, 0.25) is 0 Å². The molecule has 126 valence electrons. The van der Waals surface area contributed by atoms with Gasteiger partial charge in [-0.15, -0.1) is 0 Å². The van der Waals surface area contributed by atoms with E-state index in [1.54, 1.807) is 0 Å². The van der Waals surface area contributed by atoms with E-state index in [9.17, 15) is 14.3 Å². The highest BCUT2D eigenvalue weighted by molar-refractivity contribution is 8.00. The topological polar surface area (TPSA) is 62.7 Å². The average Bonchev–Trinajstić information content (AvgIpc) is 2.60. The van der Waals surface area contributed by atoms with Crippen LogP contribution in [0.3, 0.4) is 0 Å². The van der Waals surface area contributed by atoms with Crippen molar-refractivity contribution in [2.45, 2.75) is 17.7 Å². The molecule has 1 N–H and O–H groups in total. The largest absolute Gasteiger partial charge is 0.505 e. The molecule has 2 aliphatic rings. The van der Waals surface area contributed by atoms with Crippen molar-refractivity contribution in [3.63, 3.8) is 0 Å². The first-order valence-corrected chi connectivity index (χ1v) is 8.97. The van der Waals surface area contributed by atoms with E-state index in [0.717, 1.165) is 12.2 Å². The predicted molar refractivity (Wildman–Crippen MR) is 89.9 cm³/mol. The number of aromatic hydroxyl groups is 1. The van der Waals surface area contributed by atoms with E-state index in [1.807, 2.05) is 16.7 Å². The number of fused-ring (bicyclic) bond motifs is 2. The molecule has 0 radical (unpaired) electrons. The molecule has 1 amide bonds. The molecular weight excluding hydrogens is 331 g/mol. The zero-order chi connectivity index (χ0) is 16.7. The second-order valence-electron chi connectivity index (χ2n) is 6.02. The lowest BCUT2D eigenvalue weighted by Crippen LogP contribution is -2.54. The fourth-order valence-corrected chi connectivity index (χ4v) is 4.76. The number of hydrogen-bond donors (Lipinski definition) is 1. The number of hydrogen-bond acceptors (Lipinski definition) is 5. The molecule has 1 aromatic heterocycles. The molecular formula is C17H17FN2O3S. The summed E-state index contributed by atoms with van der Waals surface area (Å²) in [5.41, 5.74) is 0.629. The smallest absolute Gasteiger partial charge is 0.258 e. The van der Waals surface area contributed by atoms with Crippen LogP contribution in [0.5, 0.6) is 5.75 Å². The maximum Gasteiger partial charge on any atom is 0.258 e. The summed E-state index contributed by atoms with van der Waals surface area (Å²) >= 11 is 1.82. The molecule has 2 fully saturated rings. The highest BCUT2D eigenvalue weighted by Crippen LogP contribution is 2.34. The van der Waals surface area contributed by atoms with Crippen molar-refractivity contribution in [3.05, 3.63) is 35.8 Å². The van der Waals surface area contributed by atoms with Crippen LogP contribution in [-0.4, -0.2) is 57.7 Å². The van der Waals surface area contributed by atoms with Gasteiger partial charge in [-0.25, -0.2) is 4.39 Å². The molecule has 3 heterocycles. The van der Waals surface area contributed by atoms with Crippen LogP contribution >= 0.6 is 11.8 Å². The molecule has 2 saturated heterocycles. The van der Waals surface area contributed by atoms with E-state index in [1.165, 1.54) is 24.4 Å². The lowest BCUT2D eigenvalue weighted by atomic mass is 10.0. The molecule has 4 rings (SSSR count). The van der Waals surface area contributed by atoms with Gasteiger partial charge in [-0.2, -0.15) is 11.8 Å². The van der Waals surface area contributed by atoms with Gasteiger partial charge in [0.05, 0.1) is 23.9 Å². The van der Waals surface area contributed by atoms with Gasteiger partial charge >= 0.3 is 0 Å². The molecule has 0 bridgehead atoms. The van der Waals surface area contributed by atoms with E-state index in [4.69, 9.17) is 4.74 Å². The van der Waals surface area contributed by atoms with E-state index >= 15 is 0 Å². The molecule has 24 heavy (non-hydrogen) atoms. The van der Waals surface area contributed by atoms with Crippen LogP contribution in [0.1, 0.15) is 16.8 Å². The quantitative estimate of drug-likeness (QED) is 0.858. The molecule has 0 saturated carbocycles. The lowest BCUT2D eigenvalue weighted by Gasteiger charge is -2.43. The minimum atomic E-state index is -0.456. The summed E-state index contributed by atoms with van der Waals surface area (Å²) in [7, 11) is 0. The third kappa shape index (κ3) is 2.61. The fraction of sp³-hybridized carbons (Fsp3) is 0.412. The maximum absolute atomic E-state index is 13.7. The van der Waals surface area contributed by atoms with Crippen LogP contribution in [0.15, 0.2) is 24.4 Å². The van der Waals surface area contributed by atoms with Crippen LogP contribution in [0, 0.1) is 5.82 Å². The van der Waals surface area contributed by atoms with Gasteiger partial charge in [-0.05, 0) is 24.6 Å². The standard InChI is InChI=1S/C17H17FN2O3S/c18-10-1-2-12-11(7-10)16(14(21)8-19-12)17(22)20-4-6-24-15-9-23-5-3-13(15)20/h1-2,7-8,13,15,21H,3-6,9H2/t13-,15+/m1/s1. The zero-order valence-corrected chi connectivity index (χ0v) is 13.8. The second kappa shape index (κ2) is 6.22. The molecule has 2 aliphatic heterocycles. The van der Waals surface area contributed by atoms with E-state index < -0.39 is 5.82 Å². The Hall–Kier alpha value is -1.86. The third-order valence-electron chi connectivity index (χ3n) is 4.62. The Balaban J connectivity index is 1.77. The summed E-state index contributed by atoms with van der Waals surface area (Å²) in [6, 6.07) is 4.16. The number of pyridine rings is 1. The minimum absolute atomic E-state index is 0.0844. The molecule has 0 aliphatic carbocycles. The Morgan fingerprint density at radius 3 is 3.21 bits per heavy atom. The summed E-state index contributed by atoms with van der Waals surface area (Å²) in [5.74, 6) is -0.0984. The normalized spacial score (nSPS) is 24.0. The zero-order valence-electron chi connectivity index (χ0n) is 12.9. The molecule has 2 aromatic rings. The SMILES string of the molecule is O=C(c1c(O)cnc2ccc(F)cc12)N1CCS[C@H]2COCC[C@H]21. The van der Waals surface area contributed by atoms with Crippen molar-refractivity contribution in [2.24, 2.45) is 0 Å². The Morgan fingerprint density at radius 1 is 1.46 bits per heavy atom. The predicted octanol–water partition coefficient (Wildman–Crippen LogP) is 2.43. The number of rotatable bonds is 1. The summed E-state index contributed by atoms with van der Waals surface area (Å²) in [6.45, 7) is 1.88. The van der Waals surface area contributed by atoms with E-state index in [0.29, 0.717) is 30.7 Å². The van der Waals surface area contributed by atoms with Crippen molar-refractivity contribution < 1.29 is 19.0 Å². The van der Waals surface area contributed by atoms with Gasteiger partial charge < -0.3 is 14.7 Å². The monoisotopic (exact) mass is 348 g/mol. The highest BCUT2D eigenvalue weighted by Gasteiger charge is 2.38. The Morgan fingerprint density at radius 2 is 2.33 bits per heavy atom. The van der Waals surface area contributed by atoms with E-state index in [-0.39, 0.29) is 28.5 Å². The molecule has 0 unspecified atom stereocenters. The Kier molecular flexibility index (Phi) is 4.05. The number of thioether (sulfide) groups is 1. The van der Waals surface area contributed by atoms with Crippen molar-refractivity contribution in [3.8, 4) is 5.75 Å². The van der Waals surface area contributed by atoms with E-state index in [2.05, 4.69) is 4.98 Å². The van der Waals surface area contributed by atoms with Crippen molar-refractivity contribution in [2.75, 3.05) is 25.5 Å². The first-order chi connectivity index (χ1) is 11.6. The Labute approximate surface area is 142 Å². The number of halogens is 1. The van der Waals surface area contributed by atoms with Gasteiger partial charge in [0.25, 0.3) is 5.91 Å². The van der Waals surface area contributed by atoms with Gasteiger partial charge in [-0.3, -0.25) is 9.78 Å². The van der Waals surface area contributed by atoms with Crippen LogP contribution in [-0.2, 0) is 4.74 Å². The number of nitrogens with zero attached hydrogens (tertiary/aromatic N) is 2. The van der Waals surface area contributed by atoms with Crippen LogP contribution in [0.25, 0.3) is 10.9 Å². The van der Waals surface area contributed by atoms with Crippen LogP contribution in [0.2, 0.25) is 0 Å². The summed E-state index contributed by atoms with van der Waals surface area (Å²) < 4.78 is 19.2. The maximum atomic E-state index is 13.7. The molecule has 0 spiro atoms. The van der Waals surface area contributed by atoms with Crippen molar-refractivity contribution in [1.82, 2.24) is 9.88 Å². The first-order valence-electron chi connectivity index (χ1n) is 7.92. The van der Waals surface area contributed by atoms with Crippen molar-refractivity contribution >= 4 is 28.6 Å². The molecule has 2 atom stereocenters. The van der Waals surface area contributed by atoms with Gasteiger partial charge in [0.1, 0.15) is 11.6 Å². The Bertz CT molecular complexity index is 793. The van der Waals surface area contributed by atoms with Gasteiger partial charge in [0.15, 0.2) is 0 Å². The number of ether oxygens (including phenoxy) is 1. The van der Waals surface area contributed by atoms with Crippen molar-refractivity contribution in [1.29, 1.82) is 0 Å². The van der Waals surface area contributed by atoms with Gasteiger partial charge in [0, 0.05) is 35.6 Å². The third-order valence-corrected chi connectivity index (χ3v) is 5.92. The van der Waals surface area contributed by atoms with Crippen LogP contribution in [0.4, 0.5) is 4.39 Å². The number of aromatic nitrogens is 1. The number of carbonyl (C=O) groups is 1.